The quantitative estimate of drug-likeness (QED) is 0.478. The highest BCUT2D eigenvalue weighted by molar-refractivity contribution is 5.85. The molecule has 0 unspecified atom stereocenters. The second-order valence-electron chi connectivity index (χ2n) is 0. The molecule has 0 radical (unpaired) electrons. The molecule has 30 valence electrons. The molecule has 1 nitrogen and oxygen atoms in total. The maximum Gasteiger partial charge on any atom is 0.210 e. The summed E-state index contributed by atoms with van der Waals surface area (Å²) >= 11 is 0. The molecular weight excluding hydrogens is 98.9 g/mol. The first-order chi connectivity index (χ1) is 2.56. The van der Waals surface area contributed by atoms with E-state index in [2.05, 4.69) is 5.11 Å². The fraction of sp³-hybridized carbons (Fsp3) is 1.00. The maximum atomic E-state index is 6.10. The second kappa shape index (κ2) is 78.3. The van der Waals surface area contributed by atoms with Crippen LogP contribution in [0.25, 0.3) is 0 Å². The van der Waals surface area contributed by atoms with Gasteiger partial charge in [-0.2, -0.15) is 0 Å². The molecule has 0 rings (SSSR count). The summed E-state index contributed by atoms with van der Waals surface area (Å²) < 4.78 is 24.1. The molecule has 0 aliphatic heterocycles. The molecule has 1 N–H and O–H groups in total. The average molecular weight is 109 g/mol. The van der Waals surface area contributed by atoms with Crippen molar-refractivity contribution >= 4 is 24.8 Å². The SMILES string of the molecule is Cl.Cl.[2H]OC([2H])([2H])[2H]. The van der Waals surface area contributed by atoms with Gasteiger partial charge in [0.1, 0.15) is 0 Å². The summed E-state index contributed by atoms with van der Waals surface area (Å²) in [5.74, 6) is 0. The van der Waals surface area contributed by atoms with E-state index in [0.717, 1.165) is 0 Å². The van der Waals surface area contributed by atoms with Crippen LogP contribution in [0.1, 0.15) is 4.11 Å². The van der Waals surface area contributed by atoms with Crippen LogP contribution in [0.5, 0.6) is 0 Å². The molecule has 0 aromatic carbocycles. The zero-order valence-corrected chi connectivity index (χ0v) is 3.36. The monoisotopic (exact) mass is 108 g/mol. The van der Waals surface area contributed by atoms with Gasteiger partial charge in [-0.05, 0) is 0 Å². The Morgan fingerprint density at radius 2 is 2.25 bits per heavy atom. The van der Waals surface area contributed by atoms with Crippen molar-refractivity contribution in [3.8, 4) is 0 Å². The van der Waals surface area contributed by atoms with Crippen LogP contribution >= 0.6 is 24.8 Å². The Kier molecular flexibility index (Phi) is 36.3. The first kappa shape index (κ1) is 1.85. The van der Waals surface area contributed by atoms with E-state index < -0.39 is 7.04 Å². The van der Waals surface area contributed by atoms with Crippen molar-refractivity contribution in [3.63, 3.8) is 0 Å². The summed E-state index contributed by atoms with van der Waals surface area (Å²) in [4.78, 5) is 0. The molecule has 0 atom stereocenters. The number of rotatable bonds is 0. The number of aliphatic hydroxyl groups is 1. The van der Waals surface area contributed by atoms with E-state index in [0.29, 0.717) is 0 Å². The molecule has 0 spiro atoms. The summed E-state index contributed by atoms with van der Waals surface area (Å²) in [7, 11) is -2.54. The van der Waals surface area contributed by atoms with Crippen LogP contribution in [0.3, 0.4) is 0 Å². The van der Waals surface area contributed by atoms with Gasteiger partial charge in [-0.15, -0.1) is 24.8 Å². The van der Waals surface area contributed by atoms with Crippen molar-refractivity contribution < 1.29 is 9.22 Å². The molecule has 0 saturated heterocycles. The lowest BCUT2D eigenvalue weighted by Gasteiger charge is -1.21. The first-order valence-corrected chi connectivity index (χ1v) is 0.204. The van der Waals surface area contributed by atoms with E-state index in [1.165, 1.54) is 0 Å². The highest BCUT2D eigenvalue weighted by atomic mass is 35.5. The lowest BCUT2D eigenvalue weighted by atomic mass is 11.8. The van der Waals surface area contributed by atoms with Crippen LogP contribution in [0.15, 0.2) is 0 Å². The molecule has 0 aromatic rings. The topological polar surface area (TPSA) is 20.2 Å². The zero-order valence-electron chi connectivity index (χ0n) is 5.72. The number of hydrogen-bond donors (Lipinski definition) is 1. The van der Waals surface area contributed by atoms with Crippen molar-refractivity contribution in [2.24, 2.45) is 0 Å². The van der Waals surface area contributed by atoms with Gasteiger partial charge in [0.05, 0.1) is 4.11 Å². The molecule has 0 aliphatic rings. The molecular formula is CH6Cl2O. The van der Waals surface area contributed by atoms with Crippen molar-refractivity contribution in [1.29, 1.82) is 1.43 Å². The Morgan fingerprint density at radius 3 is 2.25 bits per heavy atom. The minimum atomic E-state index is -2.54. The summed E-state index contributed by atoms with van der Waals surface area (Å²) in [5, 5.41) is 3.19. The molecule has 0 aliphatic carbocycles. The van der Waals surface area contributed by atoms with Gasteiger partial charge in [-0.1, -0.05) is 0 Å². The minimum absolute atomic E-state index is 0. The largest absolute Gasteiger partial charge is 0.400 e. The molecule has 4 heavy (non-hydrogen) atoms. The van der Waals surface area contributed by atoms with Crippen molar-refractivity contribution in [3.05, 3.63) is 0 Å². The van der Waals surface area contributed by atoms with Crippen molar-refractivity contribution in [2.75, 3.05) is 7.04 Å². The van der Waals surface area contributed by atoms with Gasteiger partial charge >= 0.3 is 0 Å². The number of hydrogen-bond acceptors (Lipinski definition) is 1. The summed E-state index contributed by atoms with van der Waals surface area (Å²) in [6, 6.07) is 0. The first-order valence-electron chi connectivity index (χ1n) is 2.11. The van der Waals surface area contributed by atoms with E-state index in [1.807, 2.05) is 0 Å². The maximum absolute atomic E-state index is 6.10. The van der Waals surface area contributed by atoms with E-state index in [1.54, 1.807) is 0 Å². The Hall–Kier alpha value is 0.540. The summed E-state index contributed by atoms with van der Waals surface area (Å²) in [6.07, 6.45) is 0. The molecule has 0 bridgehead atoms. The second-order valence-corrected chi connectivity index (χ2v) is 0. The third kappa shape index (κ3) is 20.7. The van der Waals surface area contributed by atoms with E-state index >= 15 is 0 Å². The van der Waals surface area contributed by atoms with Crippen molar-refractivity contribution in [2.45, 2.75) is 0 Å². The standard InChI is InChI=1S/CH4O.2ClH/c1-2;;/h2H,1H3;2*1H/i1D3,2D;;. The zero-order chi connectivity index (χ0) is 5.21. The predicted molar refractivity (Wildman–Crippen MR) is 22.6 cm³/mol. The average Bonchev–Trinajstić information content (AvgIpc) is 1.35. The third-order valence-corrected chi connectivity index (χ3v) is 0. The van der Waals surface area contributed by atoms with Gasteiger partial charge in [-0.25, -0.2) is 0 Å². The third-order valence-electron chi connectivity index (χ3n) is 0. The Bertz CT molecular complexity index is 43.8. The molecule has 0 saturated carbocycles. The molecule has 0 aromatic heterocycles. The lowest BCUT2D eigenvalue weighted by molar-refractivity contribution is 0.399. The minimum Gasteiger partial charge on any atom is -0.400 e. The van der Waals surface area contributed by atoms with Crippen LogP contribution < -0.4 is 0 Å². The van der Waals surface area contributed by atoms with Crippen LogP contribution in [0.4, 0.5) is 0 Å². The smallest absolute Gasteiger partial charge is 0.210 e. The van der Waals surface area contributed by atoms with Crippen LogP contribution in [-0.4, -0.2) is 13.6 Å². The summed E-state index contributed by atoms with van der Waals surface area (Å²) in [5.41, 5.74) is 0. The Labute approximate surface area is 43.5 Å². The Morgan fingerprint density at radius 1 is 2.00 bits per heavy atom. The molecule has 0 fully saturated rings. The Balaban J connectivity index is -0.000000125. The number of halogens is 2. The van der Waals surface area contributed by atoms with Gasteiger partial charge in [0.2, 0.25) is 1.43 Å². The highest BCUT2D eigenvalue weighted by Gasteiger charge is 0.839. The fourth-order valence-corrected chi connectivity index (χ4v) is 0. The summed E-state index contributed by atoms with van der Waals surface area (Å²) in [6.45, 7) is 0. The van der Waals surface area contributed by atoms with Crippen molar-refractivity contribution in [1.82, 2.24) is 0 Å². The van der Waals surface area contributed by atoms with Gasteiger partial charge in [0.25, 0.3) is 0 Å². The normalized spacial score (nSPS) is 19.0. The van der Waals surface area contributed by atoms with E-state index in [9.17, 15) is 0 Å². The fourth-order valence-electron chi connectivity index (χ4n) is 0. The van der Waals surface area contributed by atoms with Crippen LogP contribution in [-0.2, 0) is 0 Å². The lowest BCUT2D eigenvalue weighted by Crippen LogP contribution is -1.25. The molecule has 0 heterocycles. The molecule has 3 heteroatoms. The van der Waals surface area contributed by atoms with Crippen LogP contribution in [0.2, 0.25) is 0 Å². The van der Waals surface area contributed by atoms with Gasteiger partial charge < -0.3 is 5.11 Å². The predicted octanol–water partition coefficient (Wildman–Crippen LogP) is 0.452. The van der Waals surface area contributed by atoms with Gasteiger partial charge in [0, 0.05) is 7.04 Å². The van der Waals surface area contributed by atoms with Gasteiger partial charge in [0.15, 0.2) is 0 Å². The molecule has 0 amide bonds. The van der Waals surface area contributed by atoms with Gasteiger partial charge in [-0.3, -0.25) is 0 Å². The van der Waals surface area contributed by atoms with E-state index in [4.69, 9.17) is 5.54 Å². The van der Waals surface area contributed by atoms with Crippen LogP contribution in [0, 0.1) is 0 Å². The van der Waals surface area contributed by atoms with E-state index in [-0.39, 0.29) is 24.8 Å². The highest BCUT2D eigenvalue weighted by Crippen LogP contribution is 0.755.